The molecule has 0 spiro atoms. The molecule has 6 heteroatoms. The average molecular weight is 296 g/mol. The number of sulfonamides is 1. The lowest BCUT2D eigenvalue weighted by molar-refractivity contribution is -0.126. The molecule has 2 rings (SSSR count). The summed E-state index contributed by atoms with van der Waals surface area (Å²) in [5.74, 6) is -0.217. The summed E-state index contributed by atoms with van der Waals surface area (Å²) in [5, 5.41) is 2.71. The number of carbonyl (C=O) groups is 1. The molecule has 1 fully saturated rings. The number of piperazine rings is 1. The number of aryl methyl sites for hydroxylation is 2. The summed E-state index contributed by atoms with van der Waals surface area (Å²) < 4.78 is 26.7. The molecule has 1 aliphatic heterocycles. The van der Waals surface area contributed by atoms with Crippen molar-refractivity contribution in [2.75, 3.05) is 13.1 Å². The Bertz CT molecular complexity index is 625. The molecule has 20 heavy (non-hydrogen) atoms. The molecule has 1 atom stereocenters. The van der Waals surface area contributed by atoms with E-state index in [4.69, 9.17) is 0 Å². The van der Waals surface area contributed by atoms with Gasteiger partial charge in [-0.1, -0.05) is 13.0 Å². The standard InChI is InChI=1S/C14H20N2O3S/c1-4-13-14(17)15-7-8-16(13)20(18,19)12-6-5-10(2)11(3)9-12/h5-6,9,13H,4,7-8H2,1-3H3,(H,15,17). The van der Waals surface area contributed by atoms with Gasteiger partial charge in [-0.3, -0.25) is 4.79 Å². The number of hydrogen-bond acceptors (Lipinski definition) is 3. The van der Waals surface area contributed by atoms with Crippen LogP contribution in [0.1, 0.15) is 24.5 Å². The van der Waals surface area contributed by atoms with Gasteiger partial charge in [0.1, 0.15) is 6.04 Å². The van der Waals surface area contributed by atoms with Crippen molar-refractivity contribution in [1.82, 2.24) is 9.62 Å². The molecule has 1 aliphatic rings. The number of nitrogens with zero attached hydrogens (tertiary/aromatic N) is 1. The van der Waals surface area contributed by atoms with Crippen LogP contribution in [0.2, 0.25) is 0 Å². The number of nitrogens with one attached hydrogen (secondary N) is 1. The second kappa shape index (κ2) is 5.54. The van der Waals surface area contributed by atoms with Gasteiger partial charge in [-0.05, 0) is 43.5 Å². The quantitative estimate of drug-likeness (QED) is 0.911. The van der Waals surface area contributed by atoms with E-state index in [-0.39, 0.29) is 10.8 Å². The predicted molar refractivity (Wildman–Crippen MR) is 76.9 cm³/mol. The Labute approximate surface area is 120 Å². The first-order chi connectivity index (χ1) is 9.37. The van der Waals surface area contributed by atoms with E-state index in [0.717, 1.165) is 11.1 Å². The van der Waals surface area contributed by atoms with Crippen molar-refractivity contribution >= 4 is 15.9 Å². The molecule has 5 nitrogen and oxygen atoms in total. The highest BCUT2D eigenvalue weighted by Gasteiger charge is 2.37. The van der Waals surface area contributed by atoms with Gasteiger partial charge in [-0.25, -0.2) is 8.42 Å². The van der Waals surface area contributed by atoms with Crippen LogP contribution in [0, 0.1) is 13.8 Å². The summed E-state index contributed by atoms with van der Waals surface area (Å²) in [5.41, 5.74) is 1.98. The highest BCUT2D eigenvalue weighted by molar-refractivity contribution is 7.89. The second-order valence-corrected chi connectivity index (χ2v) is 6.97. The molecule has 1 aromatic carbocycles. The Morgan fingerprint density at radius 3 is 2.60 bits per heavy atom. The first-order valence-corrected chi connectivity index (χ1v) is 8.18. The zero-order valence-corrected chi connectivity index (χ0v) is 12.8. The Morgan fingerprint density at radius 2 is 2.00 bits per heavy atom. The van der Waals surface area contributed by atoms with Crippen molar-refractivity contribution in [2.45, 2.75) is 38.1 Å². The van der Waals surface area contributed by atoms with Crippen LogP contribution in [0.5, 0.6) is 0 Å². The van der Waals surface area contributed by atoms with Crippen molar-refractivity contribution in [3.63, 3.8) is 0 Å². The minimum absolute atomic E-state index is 0.217. The van der Waals surface area contributed by atoms with E-state index in [2.05, 4.69) is 5.32 Å². The third-order valence-corrected chi connectivity index (χ3v) is 5.66. The molecular formula is C14H20N2O3S. The van der Waals surface area contributed by atoms with E-state index in [0.29, 0.717) is 19.5 Å². The SMILES string of the molecule is CCC1C(=O)NCCN1S(=O)(=O)c1ccc(C)c(C)c1. The Hall–Kier alpha value is -1.40. The molecule has 1 saturated heterocycles. The van der Waals surface area contributed by atoms with Crippen molar-refractivity contribution in [2.24, 2.45) is 0 Å². The Balaban J connectivity index is 2.42. The van der Waals surface area contributed by atoms with Gasteiger partial charge in [0, 0.05) is 13.1 Å². The molecule has 110 valence electrons. The first-order valence-electron chi connectivity index (χ1n) is 6.74. The smallest absolute Gasteiger partial charge is 0.243 e. The fourth-order valence-electron chi connectivity index (χ4n) is 2.38. The maximum atomic E-state index is 12.7. The number of carbonyl (C=O) groups excluding carboxylic acids is 1. The molecule has 0 saturated carbocycles. The molecule has 0 aromatic heterocycles. The van der Waals surface area contributed by atoms with Gasteiger partial charge in [0.25, 0.3) is 0 Å². The fraction of sp³-hybridized carbons (Fsp3) is 0.500. The summed E-state index contributed by atoms with van der Waals surface area (Å²) in [6, 6.07) is 4.46. The number of rotatable bonds is 3. The number of benzene rings is 1. The Morgan fingerprint density at radius 1 is 1.30 bits per heavy atom. The summed E-state index contributed by atoms with van der Waals surface area (Å²) in [6.45, 7) is 6.32. The van der Waals surface area contributed by atoms with Gasteiger partial charge in [-0.15, -0.1) is 0 Å². The monoisotopic (exact) mass is 296 g/mol. The fourth-order valence-corrected chi connectivity index (χ4v) is 4.13. The Kier molecular flexibility index (Phi) is 4.15. The molecule has 0 radical (unpaired) electrons. The van der Waals surface area contributed by atoms with Crippen LogP contribution in [-0.4, -0.2) is 37.8 Å². The third-order valence-electron chi connectivity index (χ3n) is 3.75. The summed E-state index contributed by atoms with van der Waals surface area (Å²) in [7, 11) is -3.62. The normalized spacial score (nSPS) is 20.8. The lowest BCUT2D eigenvalue weighted by Crippen LogP contribution is -2.56. The first kappa shape index (κ1) is 15.0. The molecule has 1 amide bonds. The highest BCUT2D eigenvalue weighted by atomic mass is 32.2. The molecule has 0 bridgehead atoms. The van der Waals surface area contributed by atoms with Crippen LogP contribution in [-0.2, 0) is 14.8 Å². The van der Waals surface area contributed by atoms with E-state index in [1.54, 1.807) is 18.2 Å². The van der Waals surface area contributed by atoms with Gasteiger partial charge in [0.05, 0.1) is 4.90 Å². The molecule has 1 aromatic rings. The minimum Gasteiger partial charge on any atom is -0.353 e. The van der Waals surface area contributed by atoms with E-state index in [1.807, 2.05) is 20.8 Å². The predicted octanol–water partition coefficient (Wildman–Crippen LogP) is 1.20. The van der Waals surface area contributed by atoms with Crippen LogP contribution in [0.15, 0.2) is 23.1 Å². The molecule has 1 unspecified atom stereocenters. The maximum Gasteiger partial charge on any atom is 0.243 e. The molecule has 1 heterocycles. The van der Waals surface area contributed by atoms with Gasteiger partial charge >= 0.3 is 0 Å². The van der Waals surface area contributed by atoms with Gasteiger partial charge < -0.3 is 5.32 Å². The van der Waals surface area contributed by atoms with E-state index in [9.17, 15) is 13.2 Å². The summed E-state index contributed by atoms with van der Waals surface area (Å²) in [4.78, 5) is 12.1. The second-order valence-electron chi connectivity index (χ2n) is 5.08. The van der Waals surface area contributed by atoms with Gasteiger partial charge in [0.2, 0.25) is 15.9 Å². The zero-order chi connectivity index (χ0) is 14.9. The maximum absolute atomic E-state index is 12.7. The average Bonchev–Trinajstić information content (AvgIpc) is 2.41. The number of amides is 1. The molecule has 0 aliphatic carbocycles. The van der Waals surface area contributed by atoms with E-state index < -0.39 is 16.1 Å². The van der Waals surface area contributed by atoms with Crippen molar-refractivity contribution in [1.29, 1.82) is 0 Å². The van der Waals surface area contributed by atoms with Crippen molar-refractivity contribution in [3.05, 3.63) is 29.3 Å². The van der Waals surface area contributed by atoms with Crippen LogP contribution >= 0.6 is 0 Å². The van der Waals surface area contributed by atoms with E-state index >= 15 is 0 Å². The third kappa shape index (κ3) is 2.58. The van der Waals surface area contributed by atoms with Crippen molar-refractivity contribution < 1.29 is 13.2 Å². The molecular weight excluding hydrogens is 276 g/mol. The lowest BCUT2D eigenvalue weighted by Gasteiger charge is -2.33. The van der Waals surface area contributed by atoms with Crippen LogP contribution in [0.25, 0.3) is 0 Å². The summed E-state index contributed by atoms with van der Waals surface area (Å²) >= 11 is 0. The number of hydrogen-bond donors (Lipinski definition) is 1. The van der Waals surface area contributed by atoms with Crippen LogP contribution in [0.3, 0.4) is 0 Å². The molecule has 1 N–H and O–H groups in total. The van der Waals surface area contributed by atoms with Crippen LogP contribution in [0.4, 0.5) is 0 Å². The summed E-state index contributed by atoms with van der Waals surface area (Å²) in [6.07, 6.45) is 0.468. The topological polar surface area (TPSA) is 66.5 Å². The van der Waals surface area contributed by atoms with Gasteiger partial charge in [0.15, 0.2) is 0 Å². The van der Waals surface area contributed by atoms with Gasteiger partial charge in [-0.2, -0.15) is 4.31 Å². The minimum atomic E-state index is -3.62. The lowest BCUT2D eigenvalue weighted by atomic mass is 10.1. The van der Waals surface area contributed by atoms with E-state index in [1.165, 1.54) is 4.31 Å². The highest BCUT2D eigenvalue weighted by Crippen LogP contribution is 2.23. The zero-order valence-electron chi connectivity index (χ0n) is 12.0. The van der Waals surface area contributed by atoms with Crippen LogP contribution < -0.4 is 5.32 Å². The van der Waals surface area contributed by atoms with Crippen molar-refractivity contribution in [3.8, 4) is 0 Å². The largest absolute Gasteiger partial charge is 0.353 e.